The Bertz CT molecular complexity index is 642. The summed E-state index contributed by atoms with van der Waals surface area (Å²) in [6.45, 7) is 3.84. The summed E-state index contributed by atoms with van der Waals surface area (Å²) in [7, 11) is 0. The summed E-state index contributed by atoms with van der Waals surface area (Å²) in [5.74, 6) is -5.55. The van der Waals surface area contributed by atoms with Crippen LogP contribution in [0.4, 0.5) is 0 Å². The number of hydrogen-bond donors (Lipinski definition) is 8. The van der Waals surface area contributed by atoms with E-state index in [1.54, 1.807) is 6.92 Å². The van der Waals surface area contributed by atoms with Crippen LogP contribution in [0.2, 0.25) is 0 Å². The van der Waals surface area contributed by atoms with Crippen LogP contribution in [0.3, 0.4) is 0 Å². The topological polar surface area (TPSA) is 234 Å². The molecule has 0 aromatic heterocycles. The highest BCUT2D eigenvalue weighted by molar-refractivity contribution is 5.96. The Hall–Kier alpha value is -2.77. The number of aliphatic carboxylic acids is 1. The fourth-order valence-corrected chi connectivity index (χ4v) is 2.30. The van der Waals surface area contributed by atoms with E-state index in [4.69, 9.17) is 16.6 Å². The SMILES string of the molecule is CCC(C)C(N)C(=O)NC(CO)C(=O)NC(CC(N)=O)C(=O)NC(C(=O)O)C(C)O. The maximum absolute atomic E-state index is 12.4. The van der Waals surface area contributed by atoms with Gasteiger partial charge in [0.15, 0.2) is 6.04 Å². The second kappa shape index (κ2) is 12.7. The predicted octanol–water partition coefficient (Wildman–Crippen LogP) is -3.85. The maximum Gasteiger partial charge on any atom is 0.328 e. The molecule has 30 heavy (non-hydrogen) atoms. The molecule has 13 nitrogen and oxygen atoms in total. The standard InChI is InChI=1S/C17H31N5O8/c1-4-7(2)12(19)16(28)21-10(6-23)15(27)20-9(5-11(18)25)14(26)22-13(8(3)24)17(29)30/h7-10,12-13,23-24H,4-6,19H2,1-3H3,(H2,18,25)(H,20,27)(H,21,28)(H,22,26)(H,29,30). The first-order valence-corrected chi connectivity index (χ1v) is 9.32. The summed E-state index contributed by atoms with van der Waals surface area (Å²) in [5.41, 5.74) is 10.8. The number of hydrogen-bond acceptors (Lipinski definition) is 8. The number of carbonyl (C=O) groups is 5. The Morgan fingerprint density at radius 1 is 0.933 bits per heavy atom. The summed E-state index contributed by atoms with van der Waals surface area (Å²) in [4.78, 5) is 59.2. The lowest BCUT2D eigenvalue weighted by atomic mass is 9.99. The Labute approximate surface area is 173 Å². The number of aliphatic hydroxyl groups excluding tert-OH is 2. The maximum atomic E-state index is 12.4. The van der Waals surface area contributed by atoms with Crippen molar-refractivity contribution < 1.29 is 39.3 Å². The van der Waals surface area contributed by atoms with Gasteiger partial charge in [0.1, 0.15) is 12.1 Å². The number of aliphatic hydroxyl groups is 2. The number of amides is 4. The van der Waals surface area contributed by atoms with Crippen molar-refractivity contribution in [2.75, 3.05) is 6.61 Å². The average molecular weight is 433 g/mol. The molecule has 0 heterocycles. The van der Waals surface area contributed by atoms with Gasteiger partial charge in [0.2, 0.25) is 23.6 Å². The highest BCUT2D eigenvalue weighted by Gasteiger charge is 2.32. The molecule has 0 aromatic rings. The Balaban J connectivity index is 5.31. The van der Waals surface area contributed by atoms with Crippen LogP contribution in [0.25, 0.3) is 0 Å². The first-order chi connectivity index (χ1) is 13.8. The van der Waals surface area contributed by atoms with Gasteiger partial charge in [0.05, 0.1) is 25.2 Å². The fraction of sp³-hybridized carbons (Fsp3) is 0.706. The molecular weight excluding hydrogens is 402 g/mol. The molecule has 0 aliphatic carbocycles. The van der Waals surface area contributed by atoms with Gasteiger partial charge >= 0.3 is 5.97 Å². The molecule has 0 aromatic carbocycles. The van der Waals surface area contributed by atoms with Gasteiger partial charge in [0, 0.05) is 0 Å². The van der Waals surface area contributed by atoms with Crippen LogP contribution in [0, 0.1) is 5.92 Å². The van der Waals surface area contributed by atoms with Crippen LogP contribution in [-0.4, -0.2) is 81.8 Å². The third kappa shape index (κ3) is 8.71. The lowest BCUT2D eigenvalue weighted by Gasteiger charge is -2.25. The van der Waals surface area contributed by atoms with E-state index < -0.39 is 72.9 Å². The number of rotatable bonds is 13. The van der Waals surface area contributed by atoms with Crippen LogP contribution in [0.15, 0.2) is 0 Å². The monoisotopic (exact) mass is 433 g/mol. The van der Waals surface area contributed by atoms with Crippen molar-refractivity contribution in [3.05, 3.63) is 0 Å². The molecule has 10 N–H and O–H groups in total. The predicted molar refractivity (Wildman–Crippen MR) is 103 cm³/mol. The first kappa shape index (κ1) is 27.2. The van der Waals surface area contributed by atoms with E-state index >= 15 is 0 Å². The van der Waals surface area contributed by atoms with Crippen LogP contribution in [0.1, 0.15) is 33.6 Å². The van der Waals surface area contributed by atoms with Gasteiger partial charge in [-0.25, -0.2) is 4.79 Å². The highest BCUT2D eigenvalue weighted by atomic mass is 16.4. The Morgan fingerprint density at radius 3 is 1.83 bits per heavy atom. The third-order valence-corrected chi connectivity index (χ3v) is 4.46. The number of carboxylic acid groups (broad SMARTS) is 1. The normalized spacial score (nSPS) is 16.9. The van der Waals surface area contributed by atoms with Gasteiger partial charge in [0.25, 0.3) is 0 Å². The summed E-state index contributed by atoms with van der Waals surface area (Å²) in [5, 5.41) is 34.3. The lowest BCUT2D eigenvalue weighted by Crippen LogP contribution is -2.59. The van der Waals surface area contributed by atoms with E-state index in [0.29, 0.717) is 6.42 Å². The van der Waals surface area contributed by atoms with Crippen molar-refractivity contribution >= 4 is 29.6 Å². The van der Waals surface area contributed by atoms with Gasteiger partial charge in [-0.2, -0.15) is 0 Å². The van der Waals surface area contributed by atoms with Crippen LogP contribution < -0.4 is 27.4 Å². The molecule has 0 aliphatic heterocycles. The number of nitrogens with one attached hydrogen (secondary N) is 3. The second-order valence-electron chi connectivity index (χ2n) is 6.95. The average Bonchev–Trinajstić information content (AvgIpc) is 2.66. The quantitative estimate of drug-likeness (QED) is 0.142. The summed E-state index contributed by atoms with van der Waals surface area (Å²) >= 11 is 0. The molecule has 0 saturated carbocycles. The Morgan fingerprint density at radius 2 is 1.43 bits per heavy atom. The van der Waals surface area contributed by atoms with E-state index in [0.717, 1.165) is 6.92 Å². The Kier molecular flexibility index (Phi) is 11.5. The molecular formula is C17H31N5O8. The molecule has 0 aliphatic rings. The minimum Gasteiger partial charge on any atom is -0.480 e. The van der Waals surface area contributed by atoms with Gasteiger partial charge in [-0.05, 0) is 12.8 Å². The van der Waals surface area contributed by atoms with Crippen molar-refractivity contribution in [3.8, 4) is 0 Å². The van der Waals surface area contributed by atoms with Crippen LogP contribution in [0.5, 0.6) is 0 Å². The molecule has 0 saturated heterocycles. The molecule has 0 bridgehead atoms. The molecule has 0 rings (SSSR count). The number of nitrogens with two attached hydrogens (primary N) is 2. The van der Waals surface area contributed by atoms with Crippen molar-refractivity contribution in [2.45, 2.75) is 63.9 Å². The summed E-state index contributed by atoms with van der Waals surface area (Å²) in [6.07, 6.45) is -1.57. The van der Waals surface area contributed by atoms with E-state index in [9.17, 15) is 34.2 Å². The lowest BCUT2D eigenvalue weighted by molar-refractivity contribution is -0.145. The van der Waals surface area contributed by atoms with E-state index in [1.165, 1.54) is 0 Å². The van der Waals surface area contributed by atoms with Crippen molar-refractivity contribution in [1.29, 1.82) is 0 Å². The molecule has 172 valence electrons. The van der Waals surface area contributed by atoms with Gasteiger partial charge < -0.3 is 42.7 Å². The van der Waals surface area contributed by atoms with Gasteiger partial charge in [-0.15, -0.1) is 0 Å². The van der Waals surface area contributed by atoms with E-state index in [-0.39, 0.29) is 5.92 Å². The zero-order valence-corrected chi connectivity index (χ0v) is 17.1. The van der Waals surface area contributed by atoms with Crippen molar-refractivity contribution in [2.24, 2.45) is 17.4 Å². The molecule has 0 spiro atoms. The van der Waals surface area contributed by atoms with Crippen molar-refractivity contribution in [3.63, 3.8) is 0 Å². The zero-order chi connectivity index (χ0) is 23.6. The molecule has 6 atom stereocenters. The molecule has 6 unspecified atom stereocenters. The minimum atomic E-state index is -1.70. The highest BCUT2D eigenvalue weighted by Crippen LogP contribution is 2.06. The van der Waals surface area contributed by atoms with Gasteiger partial charge in [-0.3, -0.25) is 19.2 Å². The first-order valence-electron chi connectivity index (χ1n) is 9.32. The molecule has 0 fully saturated rings. The third-order valence-electron chi connectivity index (χ3n) is 4.46. The molecule has 4 amide bonds. The number of carbonyl (C=O) groups excluding carboxylic acids is 4. The number of carboxylic acids is 1. The van der Waals surface area contributed by atoms with Gasteiger partial charge in [-0.1, -0.05) is 20.3 Å². The smallest absolute Gasteiger partial charge is 0.328 e. The van der Waals surface area contributed by atoms with Crippen LogP contribution in [-0.2, 0) is 24.0 Å². The molecule has 13 heteroatoms. The van der Waals surface area contributed by atoms with E-state index in [2.05, 4.69) is 10.6 Å². The largest absolute Gasteiger partial charge is 0.480 e. The van der Waals surface area contributed by atoms with E-state index in [1.807, 2.05) is 12.2 Å². The molecule has 0 radical (unpaired) electrons. The number of primary amides is 1. The second-order valence-corrected chi connectivity index (χ2v) is 6.95. The minimum absolute atomic E-state index is 0.200. The summed E-state index contributed by atoms with van der Waals surface area (Å²) < 4.78 is 0. The van der Waals surface area contributed by atoms with Crippen molar-refractivity contribution in [1.82, 2.24) is 16.0 Å². The fourth-order valence-electron chi connectivity index (χ4n) is 2.30. The zero-order valence-electron chi connectivity index (χ0n) is 17.1. The van der Waals surface area contributed by atoms with Crippen LogP contribution >= 0.6 is 0 Å². The summed E-state index contributed by atoms with van der Waals surface area (Å²) in [6, 6.07) is -5.73.